The van der Waals surface area contributed by atoms with Gasteiger partial charge in [0.05, 0.1) is 11.8 Å². The second-order valence-corrected chi connectivity index (χ2v) is 4.60. The zero-order valence-electron chi connectivity index (χ0n) is 9.91. The number of carbonyl (C=O) groups is 2. The second kappa shape index (κ2) is 5.79. The van der Waals surface area contributed by atoms with E-state index in [1.165, 1.54) is 12.4 Å². The Kier molecular flexibility index (Phi) is 4.11. The first-order valence-electron chi connectivity index (χ1n) is 5.74. The van der Waals surface area contributed by atoms with E-state index in [9.17, 15) is 9.59 Å². The topological polar surface area (TPSA) is 92.2 Å². The molecule has 1 aromatic heterocycles. The van der Waals surface area contributed by atoms with Crippen molar-refractivity contribution in [2.75, 3.05) is 5.32 Å². The van der Waals surface area contributed by atoms with E-state index in [4.69, 9.17) is 16.7 Å². The highest BCUT2D eigenvalue weighted by Crippen LogP contribution is 2.27. The number of aliphatic carboxylic acids is 1. The Hall–Kier alpha value is -1.95. The Morgan fingerprint density at radius 2 is 1.95 bits per heavy atom. The quantitative estimate of drug-likeness (QED) is 0.650. The fourth-order valence-electron chi connectivity index (χ4n) is 2.00. The lowest BCUT2D eigenvalue weighted by atomic mass is 9.82. The molecule has 0 aliphatic heterocycles. The first-order chi connectivity index (χ1) is 9.08. The fourth-order valence-corrected chi connectivity index (χ4v) is 2.14. The molecule has 0 radical (unpaired) electrons. The molecule has 2 rings (SSSR count). The average Bonchev–Trinajstić information content (AvgIpc) is 2.38. The SMILES string of the molecule is O=C(O)[C@H]1CC=CC[C@H]1C(=O)Nc1cc(Cl)ncn1. The van der Waals surface area contributed by atoms with Gasteiger partial charge in [0, 0.05) is 6.07 Å². The minimum absolute atomic E-state index is 0.212. The number of carboxylic acids is 1. The van der Waals surface area contributed by atoms with Gasteiger partial charge in [-0.25, -0.2) is 9.97 Å². The van der Waals surface area contributed by atoms with Crippen LogP contribution in [-0.2, 0) is 9.59 Å². The van der Waals surface area contributed by atoms with E-state index >= 15 is 0 Å². The van der Waals surface area contributed by atoms with Crippen LogP contribution >= 0.6 is 11.6 Å². The van der Waals surface area contributed by atoms with E-state index in [1.807, 2.05) is 6.08 Å². The van der Waals surface area contributed by atoms with Gasteiger partial charge >= 0.3 is 5.97 Å². The predicted octanol–water partition coefficient (Wildman–Crippen LogP) is 1.74. The highest BCUT2D eigenvalue weighted by molar-refractivity contribution is 6.29. The maximum absolute atomic E-state index is 12.1. The molecule has 1 amide bonds. The number of carbonyl (C=O) groups excluding carboxylic acids is 1. The monoisotopic (exact) mass is 281 g/mol. The molecule has 1 aliphatic rings. The molecule has 0 bridgehead atoms. The van der Waals surface area contributed by atoms with Gasteiger partial charge in [-0.05, 0) is 12.8 Å². The van der Waals surface area contributed by atoms with Crippen LogP contribution in [0.25, 0.3) is 0 Å². The number of anilines is 1. The van der Waals surface area contributed by atoms with Gasteiger partial charge in [-0.2, -0.15) is 0 Å². The van der Waals surface area contributed by atoms with Gasteiger partial charge in [0.1, 0.15) is 17.3 Å². The highest BCUT2D eigenvalue weighted by Gasteiger charge is 2.34. The summed E-state index contributed by atoms with van der Waals surface area (Å²) in [4.78, 5) is 30.7. The van der Waals surface area contributed by atoms with Gasteiger partial charge < -0.3 is 10.4 Å². The molecular weight excluding hydrogens is 270 g/mol. The molecule has 0 saturated carbocycles. The molecule has 0 spiro atoms. The lowest BCUT2D eigenvalue weighted by Gasteiger charge is -2.23. The molecule has 100 valence electrons. The van der Waals surface area contributed by atoms with Crippen LogP contribution in [0.2, 0.25) is 5.15 Å². The number of nitrogens with one attached hydrogen (secondary N) is 1. The maximum Gasteiger partial charge on any atom is 0.307 e. The number of nitrogens with zero attached hydrogens (tertiary/aromatic N) is 2. The van der Waals surface area contributed by atoms with E-state index in [-0.39, 0.29) is 16.9 Å². The van der Waals surface area contributed by atoms with Crippen LogP contribution in [0.1, 0.15) is 12.8 Å². The third-order valence-electron chi connectivity index (χ3n) is 2.97. The lowest BCUT2D eigenvalue weighted by molar-refractivity contribution is -0.146. The summed E-state index contributed by atoms with van der Waals surface area (Å²) in [7, 11) is 0. The molecule has 19 heavy (non-hydrogen) atoms. The number of hydrogen-bond acceptors (Lipinski definition) is 4. The van der Waals surface area contributed by atoms with E-state index in [0.717, 1.165) is 0 Å². The molecule has 6 nitrogen and oxygen atoms in total. The Bertz CT molecular complexity index is 533. The minimum Gasteiger partial charge on any atom is -0.481 e. The maximum atomic E-state index is 12.1. The van der Waals surface area contributed by atoms with Crippen LogP contribution in [0.3, 0.4) is 0 Å². The molecule has 0 saturated heterocycles. The van der Waals surface area contributed by atoms with Gasteiger partial charge in [-0.1, -0.05) is 23.8 Å². The summed E-state index contributed by atoms with van der Waals surface area (Å²) < 4.78 is 0. The summed E-state index contributed by atoms with van der Waals surface area (Å²) in [6, 6.07) is 1.41. The van der Waals surface area contributed by atoms with Crippen molar-refractivity contribution in [3.63, 3.8) is 0 Å². The molecule has 1 aliphatic carbocycles. The Morgan fingerprint density at radius 1 is 1.26 bits per heavy atom. The van der Waals surface area contributed by atoms with E-state index < -0.39 is 17.8 Å². The normalized spacial score (nSPS) is 21.9. The van der Waals surface area contributed by atoms with Gasteiger partial charge in [-0.15, -0.1) is 0 Å². The number of rotatable bonds is 3. The van der Waals surface area contributed by atoms with E-state index in [1.54, 1.807) is 6.08 Å². The number of carboxylic acid groups (broad SMARTS) is 1. The van der Waals surface area contributed by atoms with Crippen LogP contribution < -0.4 is 5.32 Å². The smallest absolute Gasteiger partial charge is 0.307 e. The van der Waals surface area contributed by atoms with Gasteiger partial charge in [0.2, 0.25) is 5.91 Å². The summed E-state index contributed by atoms with van der Waals surface area (Å²) in [5, 5.41) is 11.9. The van der Waals surface area contributed by atoms with Crippen molar-refractivity contribution in [2.24, 2.45) is 11.8 Å². The van der Waals surface area contributed by atoms with Gasteiger partial charge in [0.25, 0.3) is 0 Å². The van der Waals surface area contributed by atoms with Crippen molar-refractivity contribution in [2.45, 2.75) is 12.8 Å². The molecule has 7 heteroatoms. The Balaban J connectivity index is 2.10. The largest absolute Gasteiger partial charge is 0.481 e. The Morgan fingerprint density at radius 3 is 2.58 bits per heavy atom. The summed E-state index contributed by atoms with van der Waals surface area (Å²) in [6.45, 7) is 0. The van der Waals surface area contributed by atoms with E-state index in [0.29, 0.717) is 12.8 Å². The molecule has 0 unspecified atom stereocenters. The van der Waals surface area contributed by atoms with Gasteiger partial charge in [0.15, 0.2) is 0 Å². The van der Waals surface area contributed by atoms with Crippen LogP contribution in [0.4, 0.5) is 5.82 Å². The van der Waals surface area contributed by atoms with Crippen LogP contribution in [-0.4, -0.2) is 27.0 Å². The number of aromatic nitrogens is 2. The zero-order valence-corrected chi connectivity index (χ0v) is 10.7. The minimum atomic E-state index is -0.967. The molecule has 1 heterocycles. The summed E-state index contributed by atoms with van der Waals surface area (Å²) in [6.07, 6.45) is 5.59. The highest BCUT2D eigenvalue weighted by atomic mass is 35.5. The summed E-state index contributed by atoms with van der Waals surface area (Å²) in [5.41, 5.74) is 0. The fraction of sp³-hybridized carbons (Fsp3) is 0.333. The standard InChI is InChI=1S/C12H12ClN3O3/c13-9-5-10(15-6-14-9)16-11(17)7-3-1-2-4-8(7)12(18)19/h1-2,5-8H,3-4H2,(H,18,19)(H,14,15,16,17)/t7-,8+/m1/s1. The summed E-state index contributed by atoms with van der Waals surface area (Å²) in [5.74, 6) is -2.38. The van der Waals surface area contributed by atoms with Crippen molar-refractivity contribution >= 4 is 29.3 Å². The van der Waals surface area contributed by atoms with Crippen LogP contribution in [0, 0.1) is 11.8 Å². The van der Waals surface area contributed by atoms with Crippen molar-refractivity contribution in [3.8, 4) is 0 Å². The number of hydrogen-bond donors (Lipinski definition) is 2. The zero-order chi connectivity index (χ0) is 13.8. The van der Waals surface area contributed by atoms with Crippen LogP contribution in [0.15, 0.2) is 24.5 Å². The molecule has 1 aromatic rings. The molecule has 0 fully saturated rings. The number of amides is 1. The number of allylic oxidation sites excluding steroid dienone is 2. The summed E-state index contributed by atoms with van der Waals surface area (Å²) >= 11 is 5.69. The molecule has 2 atom stereocenters. The van der Waals surface area contributed by atoms with E-state index in [2.05, 4.69) is 15.3 Å². The van der Waals surface area contributed by atoms with Crippen molar-refractivity contribution in [1.29, 1.82) is 0 Å². The van der Waals surface area contributed by atoms with Crippen molar-refractivity contribution in [1.82, 2.24) is 9.97 Å². The van der Waals surface area contributed by atoms with Crippen molar-refractivity contribution in [3.05, 3.63) is 29.7 Å². The van der Waals surface area contributed by atoms with Crippen LogP contribution in [0.5, 0.6) is 0 Å². The number of halogens is 1. The molecule has 0 aromatic carbocycles. The second-order valence-electron chi connectivity index (χ2n) is 4.21. The Labute approximate surface area is 114 Å². The third-order valence-corrected chi connectivity index (χ3v) is 3.18. The average molecular weight is 282 g/mol. The first-order valence-corrected chi connectivity index (χ1v) is 6.12. The lowest BCUT2D eigenvalue weighted by Crippen LogP contribution is -2.34. The van der Waals surface area contributed by atoms with Crippen molar-refractivity contribution < 1.29 is 14.7 Å². The third kappa shape index (κ3) is 3.29. The first kappa shape index (κ1) is 13.5. The molecular formula is C12H12ClN3O3. The molecule has 2 N–H and O–H groups in total. The van der Waals surface area contributed by atoms with Gasteiger partial charge in [-0.3, -0.25) is 9.59 Å². The predicted molar refractivity (Wildman–Crippen MR) is 68.7 cm³/mol.